The first kappa shape index (κ1) is 22.4. The molecule has 1 N–H and O–H groups in total. The first-order chi connectivity index (χ1) is 15.2. The van der Waals surface area contributed by atoms with E-state index in [1.54, 1.807) is 19.4 Å². The summed E-state index contributed by atoms with van der Waals surface area (Å²) in [5.74, 6) is 0.0141. The Morgan fingerprint density at radius 3 is 2.62 bits per heavy atom. The zero-order valence-corrected chi connectivity index (χ0v) is 18.6. The molecule has 2 aliphatic heterocycles. The fourth-order valence-corrected chi connectivity index (χ4v) is 3.96. The predicted molar refractivity (Wildman–Crippen MR) is 115 cm³/mol. The summed E-state index contributed by atoms with van der Waals surface area (Å²) in [6.07, 6.45) is 1.32. The van der Waals surface area contributed by atoms with Gasteiger partial charge in [0, 0.05) is 26.1 Å². The molecular formula is C22H28N4O6. The van der Waals surface area contributed by atoms with Crippen LogP contribution in [0, 0.1) is 0 Å². The summed E-state index contributed by atoms with van der Waals surface area (Å²) in [7, 11) is 1.63. The average molecular weight is 444 g/mol. The standard InChI is InChI=1S/C22H28N4O6/c1-14(27)23-19-9-10-25(21(28)24-19)20-11-17(18-13-30-22(2,3)31-18)26(32-20)12-15-5-7-16(29-4)8-6-15/h5-10,17-18,20H,11-13H2,1-4H3,(H,23,24,27,28). The molecule has 2 saturated heterocycles. The number of hydrogen-bond acceptors (Lipinski definition) is 8. The highest BCUT2D eigenvalue weighted by atomic mass is 16.8. The topological polar surface area (TPSA) is 104 Å². The second kappa shape index (κ2) is 8.99. The van der Waals surface area contributed by atoms with Crippen molar-refractivity contribution in [2.75, 3.05) is 19.0 Å². The summed E-state index contributed by atoms with van der Waals surface area (Å²) in [4.78, 5) is 34.0. The Morgan fingerprint density at radius 1 is 1.28 bits per heavy atom. The molecule has 0 spiro atoms. The van der Waals surface area contributed by atoms with E-state index in [1.807, 2.05) is 43.2 Å². The third-order valence-corrected chi connectivity index (χ3v) is 5.47. The molecule has 32 heavy (non-hydrogen) atoms. The van der Waals surface area contributed by atoms with E-state index in [0.717, 1.165) is 11.3 Å². The maximum Gasteiger partial charge on any atom is 0.351 e. The summed E-state index contributed by atoms with van der Waals surface area (Å²) in [5.41, 5.74) is 0.524. The van der Waals surface area contributed by atoms with Crippen LogP contribution in [0.2, 0.25) is 0 Å². The first-order valence-electron chi connectivity index (χ1n) is 10.5. The van der Waals surface area contributed by atoms with E-state index in [4.69, 9.17) is 19.0 Å². The summed E-state index contributed by atoms with van der Waals surface area (Å²) in [6.45, 7) is 6.05. The molecule has 172 valence electrons. The Labute approximate surface area is 186 Å². The number of nitrogens with one attached hydrogen (secondary N) is 1. The van der Waals surface area contributed by atoms with E-state index in [1.165, 1.54) is 11.5 Å². The van der Waals surface area contributed by atoms with Crippen LogP contribution in [0.3, 0.4) is 0 Å². The van der Waals surface area contributed by atoms with Crippen molar-refractivity contribution in [1.29, 1.82) is 0 Å². The largest absolute Gasteiger partial charge is 0.497 e. The van der Waals surface area contributed by atoms with E-state index in [0.29, 0.717) is 19.6 Å². The van der Waals surface area contributed by atoms with Gasteiger partial charge in [0.2, 0.25) is 5.91 Å². The van der Waals surface area contributed by atoms with Crippen LogP contribution in [0.25, 0.3) is 0 Å². The van der Waals surface area contributed by atoms with Crippen LogP contribution >= 0.6 is 0 Å². The smallest absolute Gasteiger partial charge is 0.351 e. The van der Waals surface area contributed by atoms with Crippen molar-refractivity contribution in [1.82, 2.24) is 14.6 Å². The minimum Gasteiger partial charge on any atom is -0.497 e. The van der Waals surface area contributed by atoms with Gasteiger partial charge in [-0.2, -0.15) is 10.0 Å². The third-order valence-electron chi connectivity index (χ3n) is 5.47. The maximum absolute atomic E-state index is 12.6. The number of aromatic nitrogens is 2. The lowest BCUT2D eigenvalue weighted by Crippen LogP contribution is -2.40. The predicted octanol–water partition coefficient (Wildman–Crippen LogP) is 2.07. The van der Waals surface area contributed by atoms with Gasteiger partial charge in [0.15, 0.2) is 12.0 Å². The summed E-state index contributed by atoms with van der Waals surface area (Å²) in [5, 5.41) is 4.36. The van der Waals surface area contributed by atoms with Gasteiger partial charge >= 0.3 is 5.69 Å². The molecule has 1 aromatic carbocycles. The second-order valence-electron chi connectivity index (χ2n) is 8.34. The third kappa shape index (κ3) is 4.99. The van der Waals surface area contributed by atoms with E-state index >= 15 is 0 Å². The normalized spacial score (nSPS) is 25.1. The van der Waals surface area contributed by atoms with Crippen LogP contribution in [-0.2, 0) is 25.7 Å². The van der Waals surface area contributed by atoms with E-state index < -0.39 is 17.7 Å². The molecule has 10 heteroatoms. The molecule has 0 bridgehead atoms. The molecule has 2 fully saturated rings. The molecular weight excluding hydrogens is 416 g/mol. The van der Waals surface area contributed by atoms with Crippen LogP contribution in [-0.4, -0.2) is 52.2 Å². The van der Waals surface area contributed by atoms with Gasteiger partial charge in [-0.15, -0.1) is 0 Å². The van der Waals surface area contributed by atoms with Gasteiger partial charge < -0.3 is 19.5 Å². The Bertz CT molecular complexity index is 1020. The molecule has 0 saturated carbocycles. The number of amides is 1. The van der Waals surface area contributed by atoms with E-state index in [2.05, 4.69) is 10.3 Å². The highest BCUT2D eigenvalue weighted by Crippen LogP contribution is 2.36. The fourth-order valence-electron chi connectivity index (χ4n) is 3.96. The number of rotatable bonds is 6. The summed E-state index contributed by atoms with van der Waals surface area (Å²) in [6, 6.07) is 9.17. The number of carbonyl (C=O) groups is 1. The van der Waals surface area contributed by atoms with Gasteiger partial charge in [-0.05, 0) is 37.6 Å². The van der Waals surface area contributed by atoms with Gasteiger partial charge in [-0.3, -0.25) is 14.2 Å². The minimum absolute atomic E-state index is 0.134. The highest BCUT2D eigenvalue weighted by Gasteiger charge is 2.45. The zero-order chi connectivity index (χ0) is 22.9. The molecule has 3 heterocycles. The molecule has 2 aromatic rings. The van der Waals surface area contributed by atoms with Crippen LogP contribution in [0.15, 0.2) is 41.3 Å². The Hall–Kier alpha value is -2.79. The van der Waals surface area contributed by atoms with E-state index in [-0.39, 0.29) is 23.9 Å². The zero-order valence-electron chi connectivity index (χ0n) is 18.6. The van der Waals surface area contributed by atoms with Crippen molar-refractivity contribution in [3.8, 4) is 5.75 Å². The van der Waals surface area contributed by atoms with Crippen molar-refractivity contribution in [3.05, 3.63) is 52.6 Å². The second-order valence-corrected chi connectivity index (χ2v) is 8.34. The molecule has 0 radical (unpaired) electrons. The van der Waals surface area contributed by atoms with E-state index in [9.17, 15) is 9.59 Å². The Balaban J connectivity index is 1.56. The molecule has 3 atom stereocenters. The molecule has 0 aliphatic carbocycles. The van der Waals surface area contributed by atoms with Crippen molar-refractivity contribution in [2.45, 2.75) is 57.9 Å². The molecule has 1 aromatic heterocycles. The number of methoxy groups -OCH3 is 1. The summed E-state index contributed by atoms with van der Waals surface area (Å²) >= 11 is 0. The molecule has 10 nitrogen and oxygen atoms in total. The van der Waals surface area contributed by atoms with Crippen LogP contribution in [0.4, 0.5) is 5.82 Å². The lowest BCUT2D eigenvalue weighted by atomic mass is 10.1. The lowest BCUT2D eigenvalue weighted by Gasteiger charge is -2.27. The van der Waals surface area contributed by atoms with Gasteiger partial charge in [0.05, 0.1) is 19.8 Å². The maximum atomic E-state index is 12.6. The number of hydrogen-bond donors (Lipinski definition) is 1. The fraction of sp³-hybridized carbons (Fsp3) is 0.500. The van der Waals surface area contributed by atoms with Crippen molar-refractivity contribution < 1.29 is 23.8 Å². The van der Waals surface area contributed by atoms with Gasteiger partial charge in [0.25, 0.3) is 0 Å². The van der Waals surface area contributed by atoms with Crippen LogP contribution < -0.4 is 15.7 Å². The van der Waals surface area contributed by atoms with Gasteiger partial charge in [-0.1, -0.05) is 12.1 Å². The minimum atomic E-state index is -0.674. The summed E-state index contributed by atoms with van der Waals surface area (Å²) < 4.78 is 18.5. The number of benzene rings is 1. The molecule has 2 aliphatic rings. The van der Waals surface area contributed by atoms with Crippen molar-refractivity contribution in [3.63, 3.8) is 0 Å². The number of carbonyl (C=O) groups excluding carboxylic acids is 1. The Morgan fingerprint density at radius 2 is 2.03 bits per heavy atom. The Kier molecular flexibility index (Phi) is 6.29. The van der Waals surface area contributed by atoms with Crippen LogP contribution in [0.1, 0.15) is 39.0 Å². The molecule has 3 unspecified atom stereocenters. The van der Waals surface area contributed by atoms with Crippen molar-refractivity contribution in [2.24, 2.45) is 0 Å². The average Bonchev–Trinajstić information content (AvgIpc) is 3.31. The number of hydroxylamine groups is 2. The van der Waals surface area contributed by atoms with Gasteiger partial charge in [-0.25, -0.2) is 4.79 Å². The monoisotopic (exact) mass is 444 g/mol. The highest BCUT2D eigenvalue weighted by molar-refractivity contribution is 5.87. The quantitative estimate of drug-likeness (QED) is 0.722. The number of ether oxygens (including phenoxy) is 3. The molecule has 4 rings (SSSR count). The number of nitrogens with zero attached hydrogens (tertiary/aromatic N) is 3. The lowest BCUT2D eigenvalue weighted by molar-refractivity contribution is -0.209. The van der Waals surface area contributed by atoms with Gasteiger partial charge in [0.1, 0.15) is 17.7 Å². The molecule has 1 amide bonds. The number of anilines is 1. The SMILES string of the molecule is COc1ccc(CN2OC(n3ccc(NC(C)=O)nc3=O)CC2C2COC(C)(C)O2)cc1. The van der Waals surface area contributed by atoms with Crippen molar-refractivity contribution >= 4 is 11.7 Å². The first-order valence-corrected chi connectivity index (χ1v) is 10.5. The van der Waals surface area contributed by atoms with Crippen LogP contribution in [0.5, 0.6) is 5.75 Å².